The molecular formula is C12H15NO2. The highest BCUT2D eigenvalue weighted by Gasteiger charge is 2.14. The minimum atomic E-state index is 0.644. The van der Waals surface area contributed by atoms with Gasteiger partial charge in [0.2, 0.25) is 0 Å². The lowest BCUT2D eigenvalue weighted by atomic mass is 10.1. The maximum Gasteiger partial charge on any atom is 0.119 e. The van der Waals surface area contributed by atoms with Crippen molar-refractivity contribution in [2.45, 2.75) is 0 Å². The van der Waals surface area contributed by atoms with Crippen molar-refractivity contribution in [3.63, 3.8) is 0 Å². The van der Waals surface area contributed by atoms with E-state index in [2.05, 4.69) is 11.5 Å². The van der Waals surface area contributed by atoms with E-state index in [0.29, 0.717) is 6.73 Å². The Kier molecular flexibility index (Phi) is 2.92. The fourth-order valence-electron chi connectivity index (χ4n) is 1.59. The molecule has 1 heterocycles. The molecule has 1 aromatic carbocycles. The minimum Gasteiger partial charge on any atom is -0.497 e. The molecule has 1 aliphatic heterocycles. The Morgan fingerprint density at radius 1 is 1.40 bits per heavy atom. The molecule has 0 radical (unpaired) electrons. The number of ether oxygens (including phenoxy) is 2. The number of benzene rings is 1. The minimum absolute atomic E-state index is 0.644. The number of hydrogen-bond donors (Lipinski definition) is 0. The van der Waals surface area contributed by atoms with Gasteiger partial charge in [-0.15, -0.1) is 0 Å². The van der Waals surface area contributed by atoms with Crippen LogP contribution in [-0.2, 0) is 4.74 Å². The highest BCUT2D eigenvalue weighted by molar-refractivity contribution is 5.62. The number of methoxy groups -OCH3 is 1. The third-order valence-electron chi connectivity index (χ3n) is 2.56. The van der Waals surface area contributed by atoms with Crippen LogP contribution in [0.4, 0.5) is 0 Å². The molecule has 0 spiro atoms. The Bertz CT molecular complexity index is 339. The Hall–Kier alpha value is -1.48. The average molecular weight is 205 g/mol. The molecular weight excluding hydrogens is 190 g/mol. The van der Waals surface area contributed by atoms with Crippen molar-refractivity contribution < 1.29 is 9.47 Å². The van der Waals surface area contributed by atoms with E-state index in [9.17, 15) is 0 Å². The largest absolute Gasteiger partial charge is 0.497 e. The molecule has 80 valence electrons. The van der Waals surface area contributed by atoms with Gasteiger partial charge in [0.15, 0.2) is 0 Å². The van der Waals surface area contributed by atoms with Crippen LogP contribution in [0.15, 0.2) is 30.8 Å². The highest BCUT2D eigenvalue weighted by atomic mass is 16.5. The fourth-order valence-corrected chi connectivity index (χ4v) is 1.59. The van der Waals surface area contributed by atoms with Crippen molar-refractivity contribution in [2.75, 3.05) is 27.0 Å². The summed E-state index contributed by atoms with van der Waals surface area (Å²) in [6.07, 6.45) is 0. The molecule has 0 unspecified atom stereocenters. The zero-order valence-corrected chi connectivity index (χ0v) is 8.90. The van der Waals surface area contributed by atoms with Crippen LogP contribution in [0.2, 0.25) is 0 Å². The van der Waals surface area contributed by atoms with Gasteiger partial charge in [-0.3, -0.25) is 0 Å². The lowest BCUT2D eigenvalue weighted by Crippen LogP contribution is -2.17. The van der Waals surface area contributed by atoms with E-state index in [4.69, 9.17) is 9.47 Å². The summed E-state index contributed by atoms with van der Waals surface area (Å²) in [6, 6.07) is 7.91. The van der Waals surface area contributed by atoms with Crippen LogP contribution in [0.25, 0.3) is 5.70 Å². The standard InChI is InChI=1S/C12H15NO2/c1-10(13-7-8-15-9-13)11-3-5-12(14-2)6-4-11/h3-6H,1,7-9H2,2H3. The van der Waals surface area contributed by atoms with Crippen molar-refractivity contribution in [3.05, 3.63) is 36.4 Å². The molecule has 15 heavy (non-hydrogen) atoms. The highest BCUT2D eigenvalue weighted by Crippen LogP contribution is 2.21. The van der Waals surface area contributed by atoms with Crippen LogP contribution in [0.3, 0.4) is 0 Å². The second kappa shape index (κ2) is 4.36. The van der Waals surface area contributed by atoms with E-state index >= 15 is 0 Å². The van der Waals surface area contributed by atoms with Crippen LogP contribution >= 0.6 is 0 Å². The maximum absolute atomic E-state index is 5.29. The second-order valence-corrected chi connectivity index (χ2v) is 3.48. The van der Waals surface area contributed by atoms with Crippen LogP contribution in [0, 0.1) is 0 Å². The predicted molar refractivity (Wildman–Crippen MR) is 59.6 cm³/mol. The molecule has 1 fully saturated rings. The summed E-state index contributed by atoms with van der Waals surface area (Å²) < 4.78 is 10.4. The summed E-state index contributed by atoms with van der Waals surface area (Å²) in [5, 5.41) is 0. The van der Waals surface area contributed by atoms with Gasteiger partial charge in [0.1, 0.15) is 12.5 Å². The zero-order chi connectivity index (χ0) is 10.7. The Balaban J connectivity index is 2.11. The Labute approximate surface area is 89.9 Å². The molecule has 1 aliphatic rings. The van der Waals surface area contributed by atoms with E-state index in [1.165, 1.54) is 0 Å². The first-order valence-corrected chi connectivity index (χ1v) is 4.97. The fraction of sp³-hybridized carbons (Fsp3) is 0.333. The monoisotopic (exact) mass is 205 g/mol. The van der Waals surface area contributed by atoms with E-state index in [-0.39, 0.29) is 0 Å². The molecule has 0 aliphatic carbocycles. The van der Waals surface area contributed by atoms with Gasteiger partial charge >= 0.3 is 0 Å². The molecule has 0 aromatic heterocycles. The summed E-state index contributed by atoms with van der Waals surface area (Å²) in [5.74, 6) is 0.865. The summed E-state index contributed by atoms with van der Waals surface area (Å²) in [5.41, 5.74) is 2.12. The molecule has 0 saturated carbocycles. The van der Waals surface area contributed by atoms with E-state index in [1.807, 2.05) is 24.3 Å². The van der Waals surface area contributed by atoms with Gasteiger partial charge in [0.05, 0.1) is 13.7 Å². The lowest BCUT2D eigenvalue weighted by molar-refractivity contribution is 0.165. The average Bonchev–Trinajstić information content (AvgIpc) is 2.82. The molecule has 3 heteroatoms. The van der Waals surface area contributed by atoms with Crippen molar-refractivity contribution in [1.29, 1.82) is 0 Å². The van der Waals surface area contributed by atoms with Crippen LogP contribution < -0.4 is 4.74 Å². The van der Waals surface area contributed by atoms with Gasteiger partial charge in [-0.25, -0.2) is 0 Å². The molecule has 3 nitrogen and oxygen atoms in total. The first-order valence-electron chi connectivity index (χ1n) is 4.97. The van der Waals surface area contributed by atoms with Gasteiger partial charge in [0, 0.05) is 12.2 Å². The van der Waals surface area contributed by atoms with Gasteiger partial charge in [-0.2, -0.15) is 0 Å². The third kappa shape index (κ3) is 2.13. The van der Waals surface area contributed by atoms with Crippen LogP contribution in [0.1, 0.15) is 5.56 Å². The molecule has 0 N–H and O–H groups in total. The number of hydrogen-bond acceptors (Lipinski definition) is 3. The lowest BCUT2D eigenvalue weighted by Gasteiger charge is -2.18. The third-order valence-corrected chi connectivity index (χ3v) is 2.56. The summed E-state index contributed by atoms with van der Waals surface area (Å²) in [6.45, 7) is 6.42. The normalized spacial score (nSPS) is 15.4. The quantitative estimate of drug-likeness (QED) is 0.753. The molecule has 2 rings (SSSR count). The topological polar surface area (TPSA) is 21.7 Å². The van der Waals surface area contributed by atoms with Crippen molar-refractivity contribution in [2.24, 2.45) is 0 Å². The van der Waals surface area contributed by atoms with E-state index in [1.54, 1.807) is 7.11 Å². The van der Waals surface area contributed by atoms with Crippen LogP contribution in [0.5, 0.6) is 5.75 Å². The molecule has 0 amide bonds. The van der Waals surface area contributed by atoms with Crippen LogP contribution in [-0.4, -0.2) is 31.9 Å². The van der Waals surface area contributed by atoms with Gasteiger partial charge in [-0.1, -0.05) is 6.58 Å². The summed E-state index contributed by atoms with van der Waals surface area (Å²) in [4.78, 5) is 2.13. The van der Waals surface area contributed by atoms with E-state index < -0.39 is 0 Å². The molecule has 1 saturated heterocycles. The Morgan fingerprint density at radius 2 is 2.13 bits per heavy atom. The molecule has 0 atom stereocenters. The SMILES string of the molecule is C=C(c1ccc(OC)cc1)N1CCOC1. The Morgan fingerprint density at radius 3 is 2.67 bits per heavy atom. The number of nitrogens with zero attached hydrogens (tertiary/aromatic N) is 1. The smallest absolute Gasteiger partial charge is 0.119 e. The van der Waals surface area contributed by atoms with Gasteiger partial charge in [-0.05, 0) is 29.8 Å². The first kappa shape index (κ1) is 10.1. The molecule has 0 bridgehead atoms. The second-order valence-electron chi connectivity index (χ2n) is 3.48. The molecule has 1 aromatic rings. The van der Waals surface area contributed by atoms with Gasteiger partial charge in [0.25, 0.3) is 0 Å². The first-order chi connectivity index (χ1) is 7.31. The van der Waals surface area contributed by atoms with Crippen molar-refractivity contribution in [1.82, 2.24) is 4.90 Å². The summed E-state index contributed by atoms with van der Waals surface area (Å²) >= 11 is 0. The zero-order valence-electron chi connectivity index (χ0n) is 8.90. The van der Waals surface area contributed by atoms with Crippen molar-refractivity contribution in [3.8, 4) is 5.75 Å². The number of rotatable bonds is 3. The van der Waals surface area contributed by atoms with Gasteiger partial charge < -0.3 is 14.4 Å². The summed E-state index contributed by atoms with van der Waals surface area (Å²) in [7, 11) is 1.66. The van der Waals surface area contributed by atoms with Crippen molar-refractivity contribution >= 4 is 5.70 Å². The van der Waals surface area contributed by atoms with E-state index in [0.717, 1.165) is 30.2 Å². The maximum atomic E-state index is 5.29. The predicted octanol–water partition coefficient (Wildman–Crippen LogP) is 1.96.